The molecule has 3 fully saturated rings. The van der Waals surface area contributed by atoms with Gasteiger partial charge in [0.05, 0.1) is 6.54 Å². The smallest absolute Gasteiger partial charge is 0.234 e. The second-order valence-corrected chi connectivity index (χ2v) is 9.77. The zero-order valence-corrected chi connectivity index (χ0v) is 22.5. The van der Waals surface area contributed by atoms with Gasteiger partial charge in [0.2, 0.25) is 5.91 Å². The van der Waals surface area contributed by atoms with Crippen LogP contribution in [0.25, 0.3) is 0 Å². The maximum absolute atomic E-state index is 12.1. The van der Waals surface area contributed by atoms with Crippen molar-refractivity contribution < 1.29 is 4.79 Å². The molecule has 8 heteroatoms. The zero-order valence-electron chi connectivity index (χ0n) is 20.2. The fraction of sp³-hybridized carbons (Fsp3) is 0.680. The number of amides is 1. The Morgan fingerprint density at radius 1 is 1.12 bits per heavy atom. The number of rotatable bonds is 8. The number of piperazine rings is 1. The Bertz CT molecular complexity index is 770. The van der Waals surface area contributed by atoms with Gasteiger partial charge in [-0.2, -0.15) is 0 Å². The predicted molar refractivity (Wildman–Crippen MR) is 145 cm³/mol. The van der Waals surface area contributed by atoms with E-state index in [1.807, 2.05) is 7.05 Å². The number of guanidine groups is 1. The largest absolute Gasteiger partial charge is 0.354 e. The highest BCUT2D eigenvalue weighted by molar-refractivity contribution is 14.0. The van der Waals surface area contributed by atoms with Gasteiger partial charge in [-0.1, -0.05) is 43.2 Å². The van der Waals surface area contributed by atoms with Crippen LogP contribution in [0, 0.1) is 0 Å². The van der Waals surface area contributed by atoms with Crippen LogP contribution >= 0.6 is 24.0 Å². The Morgan fingerprint density at radius 2 is 1.79 bits per heavy atom. The number of benzene rings is 1. The molecule has 2 saturated carbocycles. The van der Waals surface area contributed by atoms with Crippen LogP contribution in [0.15, 0.2) is 35.3 Å². The van der Waals surface area contributed by atoms with Gasteiger partial charge in [0.1, 0.15) is 0 Å². The van der Waals surface area contributed by atoms with E-state index in [-0.39, 0.29) is 35.4 Å². The lowest BCUT2D eigenvalue weighted by Crippen LogP contribution is -2.58. The second-order valence-electron chi connectivity index (χ2n) is 9.77. The molecule has 1 amide bonds. The zero-order chi connectivity index (χ0) is 22.4. The van der Waals surface area contributed by atoms with E-state index in [1.165, 1.54) is 31.2 Å². The van der Waals surface area contributed by atoms with Crippen LogP contribution in [-0.4, -0.2) is 79.6 Å². The first kappa shape index (κ1) is 26.2. The summed E-state index contributed by atoms with van der Waals surface area (Å²) in [6.45, 7) is 7.26. The molecule has 0 spiro atoms. The van der Waals surface area contributed by atoms with Crippen LogP contribution < -0.4 is 16.0 Å². The lowest BCUT2D eigenvalue weighted by atomic mass is 9.94. The third-order valence-corrected chi connectivity index (χ3v) is 7.16. The number of hydrogen-bond acceptors (Lipinski definition) is 4. The summed E-state index contributed by atoms with van der Waals surface area (Å²) in [6.07, 6.45) is 7.22. The van der Waals surface area contributed by atoms with Crippen molar-refractivity contribution in [3.63, 3.8) is 0 Å². The predicted octanol–water partition coefficient (Wildman–Crippen LogP) is 2.74. The summed E-state index contributed by atoms with van der Waals surface area (Å²) < 4.78 is 0. The maximum Gasteiger partial charge on any atom is 0.234 e. The highest BCUT2D eigenvalue weighted by atomic mass is 127. The number of hydrogen-bond donors (Lipinski definition) is 3. The first-order valence-electron chi connectivity index (χ1n) is 12.4. The Balaban J connectivity index is 0.00000306. The molecular formula is C25H41IN6O. The van der Waals surface area contributed by atoms with Crippen molar-refractivity contribution in [1.29, 1.82) is 0 Å². The molecule has 1 saturated heterocycles. The number of nitrogens with zero attached hydrogens (tertiary/aromatic N) is 3. The molecule has 2 aliphatic carbocycles. The summed E-state index contributed by atoms with van der Waals surface area (Å²) >= 11 is 0. The minimum atomic E-state index is 0. The van der Waals surface area contributed by atoms with Gasteiger partial charge in [0, 0.05) is 57.4 Å². The van der Waals surface area contributed by atoms with Gasteiger partial charge in [-0.3, -0.25) is 14.7 Å². The third kappa shape index (κ3) is 7.55. The topological polar surface area (TPSA) is 72.0 Å². The van der Waals surface area contributed by atoms with Gasteiger partial charge >= 0.3 is 0 Å². The van der Waals surface area contributed by atoms with E-state index in [4.69, 9.17) is 0 Å². The summed E-state index contributed by atoms with van der Waals surface area (Å²) in [5.41, 5.74) is 1.44. The molecule has 1 aromatic carbocycles. The van der Waals surface area contributed by atoms with Crippen molar-refractivity contribution >= 4 is 35.8 Å². The van der Waals surface area contributed by atoms with Gasteiger partial charge in [-0.05, 0) is 38.2 Å². The molecular weight excluding hydrogens is 527 g/mol. The summed E-state index contributed by atoms with van der Waals surface area (Å²) in [4.78, 5) is 21.3. The first-order valence-corrected chi connectivity index (χ1v) is 12.4. The fourth-order valence-corrected chi connectivity index (χ4v) is 5.11. The molecule has 1 heterocycles. The SMILES string of the molecule is CN=C(NCC1(NC(C)c2ccccc2)CCCC1)N1CCN(CC(=O)NC2CC2)CC1.I. The Morgan fingerprint density at radius 3 is 2.39 bits per heavy atom. The number of halogens is 1. The van der Waals surface area contributed by atoms with E-state index in [0.717, 1.165) is 51.5 Å². The lowest BCUT2D eigenvalue weighted by molar-refractivity contribution is -0.122. The minimum Gasteiger partial charge on any atom is -0.354 e. The van der Waals surface area contributed by atoms with Crippen LogP contribution in [-0.2, 0) is 4.79 Å². The second kappa shape index (κ2) is 12.4. The molecule has 0 bridgehead atoms. The van der Waals surface area contributed by atoms with Crippen LogP contribution in [0.2, 0.25) is 0 Å². The van der Waals surface area contributed by atoms with Crippen molar-refractivity contribution in [3.05, 3.63) is 35.9 Å². The van der Waals surface area contributed by atoms with Crippen LogP contribution in [0.3, 0.4) is 0 Å². The normalized spacial score (nSPS) is 21.9. The van der Waals surface area contributed by atoms with E-state index in [2.05, 4.69) is 68.0 Å². The van der Waals surface area contributed by atoms with E-state index < -0.39 is 0 Å². The quantitative estimate of drug-likeness (QED) is 0.256. The molecule has 1 unspecified atom stereocenters. The van der Waals surface area contributed by atoms with Crippen molar-refractivity contribution in [3.8, 4) is 0 Å². The van der Waals surface area contributed by atoms with Crippen LogP contribution in [0.5, 0.6) is 0 Å². The van der Waals surface area contributed by atoms with Crippen molar-refractivity contribution in [2.75, 3.05) is 46.3 Å². The third-order valence-electron chi connectivity index (χ3n) is 7.16. The molecule has 184 valence electrons. The lowest BCUT2D eigenvalue weighted by Gasteiger charge is -2.39. The average Bonchev–Trinajstić information content (AvgIpc) is 3.50. The number of carbonyl (C=O) groups is 1. The Kier molecular flexibility index (Phi) is 9.81. The molecule has 0 radical (unpaired) electrons. The van der Waals surface area contributed by atoms with Crippen LogP contribution in [0.4, 0.5) is 0 Å². The number of carbonyl (C=O) groups excluding carboxylic acids is 1. The Labute approximate surface area is 216 Å². The average molecular weight is 569 g/mol. The summed E-state index contributed by atoms with van der Waals surface area (Å²) in [7, 11) is 1.87. The molecule has 7 nitrogen and oxygen atoms in total. The molecule has 0 aromatic heterocycles. The van der Waals surface area contributed by atoms with E-state index in [1.54, 1.807) is 0 Å². The molecule has 3 aliphatic rings. The molecule has 1 atom stereocenters. The molecule has 1 aliphatic heterocycles. The van der Waals surface area contributed by atoms with Gasteiger partial charge in [-0.15, -0.1) is 24.0 Å². The highest BCUT2D eigenvalue weighted by Gasteiger charge is 2.35. The number of aliphatic imine (C=N–C) groups is 1. The molecule has 4 rings (SSSR count). The van der Waals surface area contributed by atoms with E-state index in [9.17, 15) is 4.79 Å². The van der Waals surface area contributed by atoms with Gasteiger partial charge in [-0.25, -0.2) is 0 Å². The van der Waals surface area contributed by atoms with Crippen molar-refractivity contribution in [1.82, 2.24) is 25.8 Å². The van der Waals surface area contributed by atoms with Crippen molar-refractivity contribution in [2.24, 2.45) is 4.99 Å². The maximum atomic E-state index is 12.1. The number of nitrogens with one attached hydrogen (secondary N) is 3. The van der Waals surface area contributed by atoms with Gasteiger partial charge in [0.15, 0.2) is 5.96 Å². The minimum absolute atomic E-state index is 0. The molecule has 3 N–H and O–H groups in total. The molecule has 33 heavy (non-hydrogen) atoms. The fourth-order valence-electron chi connectivity index (χ4n) is 5.11. The summed E-state index contributed by atoms with van der Waals surface area (Å²) in [5.74, 6) is 1.15. The standard InChI is InChI=1S/C25H40N6O.HI/c1-20(21-8-4-3-5-9-21)29-25(12-6-7-13-25)19-27-24(26-2)31-16-14-30(15-17-31)18-23(32)28-22-10-11-22;/h3-5,8-9,20,22,29H,6-7,10-19H2,1-2H3,(H,26,27)(H,28,32);1H. The van der Waals surface area contributed by atoms with Gasteiger partial charge < -0.3 is 20.9 Å². The first-order chi connectivity index (χ1) is 15.6. The summed E-state index contributed by atoms with van der Waals surface area (Å²) in [5, 5.41) is 10.7. The monoisotopic (exact) mass is 568 g/mol. The van der Waals surface area contributed by atoms with Gasteiger partial charge in [0.25, 0.3) is 0 Å². The van der Waals surface area contributed by atoms with Crippen molar-refractivity contribution in [2.45, 2.75) is 63.1 Å². The van der Waals surface area contributed by atoms with Crippen LogP contribution in [0.1, 0.15) is 57.1 Å². The summed E-state index contributed by atoms with van der Waals surface area (Å²) in [6, 6.07) is 11.5. The molecule has 1 aromatic rings. The van der Waals surface area contributed by atoms with E-state index in [0.29, 0.717) is 18.6 Å². The van der Waals surface area contributed by atoms with E-state index >= 15 is 0 Å². The Hall–Kier alpha value is -1.39. The highest BCUT2D eigenvalue weighted by Crippen LogP contribution is 2.32.